The first-order valence-electron chi connectivity index (χ1n) is 24.0. The second kappa shape index (κ2) is 23.9. The number of ether oxygens (including phenoxy) is 7. The van der Waals surface area contributed by atoms with Crippen LogP contribution in [-0.4, -0.2) is 146 Å². The number of methoxy groups -OCH3 is 5. The number of H-pyrrole nitrogens is 1. The summed E-state index contributed by atoms with van der Waals surface area (Å²) < 4.78 is 78.1. The molecule has 0 radical (unpaired) electrons. The van der Waals surface area contributed by atoms with Crippen molar-refractivity contribution in [1.29, 1.82) is 0 Å². The summed E-state index contributed by atoms with van der Waals surface area (Å²) in [5.41, 5.74) is -3.42. The van der Waals surface area contributed by atoms with Crippen LogP contribution in [-0.2, 0) is 38.6 Å². The molecule has 0 bridgehead atoms. The molecule has 27 nitrogen and oxygen atoms in total. The molecule has 4 N–H and O–H groups in total. The van der Waals surface area contributed by atoms with Crippen LogP contribution in [0.3, 0.4) is 0 Å². The standard InChI is InChI=1S/C39H50N6O11S.C6H7NO4.C5H5NO4/c1-10-22-19-39(22,35(48)44-57(50,51)25-12-13-25)42-32(46)28-17-24(20-45(28)34(47)31(37(2,3)4)41-36(49)55-38(5,6)7)54-33-26-14-11-23(52-8)15-21(26)16-27(40-33)29-18-30(53-9)43-56-29;1-9-5-3-4(11-7-5)6(8)10-2;1-9-5(8)3-2-4(7)6-10-3/h10-11,14-16,18,22,24-25,28,31H,1,12-13,17,19-20H2,2-9H3,(H,41,49)(H,42,46)(H,44,48);3H,1-2H3;2H,1H3,(H,6,7)/t22-,24-,28+,31-,39-;;/m1../s1. The van der Waals surface area contributed by atoms with E-state index in [9.17, 15) is 42.0 Å². The number of sulfonamides is 1. The number of amides is 4. The summed E-state index contributed by atoms with van der Waals surface area (Å²) in [7, 11) is 2.95. The van der Waals surface area contributed by atoms with Crippen molar-refractivity contribution in [2.45, 2.75) is 102 Å². The van der Waals surface area contributed by atoms with Crippen molar-refractivity contribution in [1.82, 2.24) is 40.7 Å². The van der Waals surface area contributed by atoms with E-state index in [4.69, 9.17) is 28.5 Å². The van der Waals surface area contributed by atoms with Gasteiger partial charge >= 0.3 is 18.0 Å². The molecule has 5 heterocycles. The molecular weight excluding hydrogens is 1050 g/mol. The normalized spacial score (nSPS) is 19.0. The van der Waals surface area contributed by atoms with E-state index < -0.39 is 97.2 Å². The Morgan fingerprint density at radius 2 is 1.53 bits per heavy atom. The Balaban J connectivity index is 0.000000387. The first-order valence-corrected chi connectivity index (χ1v) is 25.6. The number of alkyl carbamates (subject to hydrolysis) is 1. The van der Waals surface area contributed by atoms with Crippen molar-refractivity contribution in [2.75, 3.05) is 42.1 Å². The summed E-state index contributed by atoms with van der Waals surface area (Å²) in [6.45, 7) is 14.0. The number of benzene rings is 1. The van der Waals surface area contributed by atoms with Gasteiger partial charge in [-0.25, -0.2) is 27.8 Å². The third kappa shape index (κ3) is 14.3. The highest BCUT2D eigenvalue weighted by molar-refractivity contribution is 7.91. The van der Waals surface area contributed by atoms with Gasteiger partial charge in [0, 0.05) is 17.7 Å². The minimum absolute atomic E-state index is 0.0318. The number of carbonyl (C=O) groups excluding carboxylic acids is 6. The molecule has 5 aromatic rings. The van der Waals surface area contributed by atoms with Gasteiger partial charge in [-0.2, -0.15) is 5.16 Å². The minimum atomic E-state index is -3.94. The van der Waals surface area contributed by atoms with E-state index >= 15 is 0 Å². The number of likely N-dealkylation sites (tertiary alicyclic amines) is 1. The number of aromatic nitrogens is 4. The zero-order valence-electron chi connectivity index (χ0n) is 44.7. The molecule has 2 saturated carbocycles. The van der Waals surface area contributed by atoms with Gasteiger partial charge in [0.1, 0.15) is 40.8 Å². The Hall–Kier alpha value is -8.43. The molecule has 78 heavy (non-hydrogen) atoms. The van der Waals surface area contributed by atoms with E-state index in [0.29, 0.717) is 35.1 Å². The molecule has 4 amide bonds. The van der Waals surface area contributed by atoms with Crippen molar-refractivity contribution in [3.8, 4) is 34.8 Å². The number of esters is 2. The fourth-order valence-corrected chi connectivity index (χ4v) is 9.22. The lowest BCUT2D eigenvalue weighted by Crippen LogP contribution is -2.60. The van der Waals surface area contributed by atoms with Crippen LogP contribution in [0.2, 0.25) is 0 Å². The predicted octanol–water partition coefficient (Wildman–Crippen LogP) is 4.09. The molecule has 1 aliphatic heterocycles. The maximum absolute atomic E-state index is 14.6. The van der Waals surface area contributed by atoms with Gasteiger partial charge in [-0.15, -0.1) is 6.58 Å². The summed E-state index contributed by atoms with van der Waals surface area (Å²) >= 11 is 0. The predicted molar refractivity (Wildman–Crippen MR) is 272 cm³/mol. The number of rotatable bonds is 16. The summed E-state index contributed by atoms with van der Waals surface area (Å²) in [6, 6.07) is 8.61. The molecule has 0 spiro atoms. The second-order valence-electron chi connectivity index (χ2n) is 20.0. The molecule has 0 unspecified atom stereocenters. The zero-order chi connectivity index (χ0) is 57.5. The second-order valence-corrected chi connectivity index (χ2v) is 22.0. The van der Waals surface area contributed by atoms with Gasteiger partial charge in [-0.1, -0.05) is 26.8 Å². The van der Waals surface area contributed by atoms with Gasteiger partial charge in [-0.3, -0.25) is 23.9 Å². The summed E-state index contributed by atoms with van der Waals surface area (Å²) in [5, 5.41) is 15.3. The van der Waals surface area contributed by atoms with E-state index in [1.165, 1.54) is 45.5 Å². The number of nitrogens with one attached hydrogen (secondary N) is 4. The van der Waals surface area contributed by atoms with Gasteiger partial charge in [0.15, 0.2) is 5.76 Å². The molecule has 1 saturated heterocycles. The Morgan fingerprint density at radius 1 is 0.872 bits per heavy atom. The lowest BCUT2D eigenvalue weighted by atomic mass is 9.85. The zero-order valence-corrected chi connectivity index (χ0v) is 45.5. The van der Waals surface area contributed by atoms with Crippen LogP contribution in [0, 0.1) is 11.3 Å². The van der Waals surface area contributed by atoms with Crippen LogP contribution in [0.5, 0.6) is 23.4 Å². The van der Waals surface area contributed by atoms with E-state index in [1.54, 1.807) is 79.0 Å². The maximum atomic E-state index is 14.6. The Morgan fingerprint density at radius 3 is 2.06 bits per heavy atom. The quantitative estimate of drug-likeness (QED) is 0.0614. The summed E-state index contributed by atoms with van der Waals surface area (Å²) in [6.07, 6.45) is 0.750. The van der Waals surface area contributed by atoms with E-state index in [1.807, 2.05) is 5.16 Å². The molecule has 3 fully saturated rings. The molecule has 8 rings (SSSR count). The van der Waals surface area contributed by atoms with Gasteiger partial charge < -0.3 is 62.3 Å². The molecule has 1 aromatic carbocycles. The van der Waals surface area contributed by atoms with E-state index in [0.717, 1.165) is 6.07 Å². The fourth-order valence-electron chi connectivity index (χ4n) is 7.85. The smallest absolute Gasteiger partial charge is 0.408 e. The summed E-state index contributed by atoms with van der Waals surface area (Å²) in [5.74, 6) is -2.56. The first-order chi connectivity index (χ1) is 36.7. The van der Waals surface area contributed by atoms with Crippen LogP contribution >= 0.6 is 0 Å². The SMILES string of the molecule is C=C[C@@H]1C[C@]1(NC(=O)[C@@H]1C[C@@H](Oc2nc(-c3cc(OC)no3)cc3cc(OC)ccc23)CN1C(=O)[C@@H](NC(=O)OC(C)(C)C)C(C)(C)C)C(=O)NS(=O)(=O)C1CC1.COC(=O)c1cc(=O)[nH]o1.COC(=O)c1cc(OC)no1. The van der Waals surface area contributed by atoms with Crippen molar-refractivity contribution < 1.29 is 83.9 Å². The highest BCUT2D eigenvalue weighted by Crippen LogP contribution is 2.46. The van der Waals surface area contributed by atoms with Gasteiger partial charge in [-0.05, 0) is 85.4 Å². The Bertz CT molecular complexity index is 3200. The summed E-state index contributed by atoms with van der Waals surface area (Å²) in [4.78, 5) is 93.4. The van der Waals surface area contributed by atoms with Gasteiger partial charge in [0.25, 0.3) is 23.2 Å². The monoisotopic (exact) mass is 1110 g/mol. The maximum Gasteiger partial charge on any atom is 0.408 e. The molecule has 28 heteroatoms. The average molecular weight is 1110 g/mol. The molecule has 3 aliphatic rings. The van der Waals surface area contributed by atoms with Crippen LogP contribution in [0.15, 0.2) is 73.5 Å². The highest BCUT2D eigenvalue weighted by atomic mass is 32.2. The fraction of sp³-hybridized carbons (Fsp3) is 0.480. The Labute approximate surface area is 446 Å². The van der Waals surface area contributed by atoms with E-state index in [-0.39, 0.29) is 54.3 Å². The number of hydrogen-bond acceptors (Lipinski definition) is 22. The van der Waals surface area contributed by atoms with E-state index in [2.05, 4.69) is 55.5 Å². The number of fused-ring (bicyclic) bond motifs is 1. The average Bonchev–Trinajstić information content (AvgIpc) is 4.22. The molecule has 2 aliphatic carbocycles. The van der Waals surface area contributed by atoms with Crippen LogP contribution in [0.4, 0.5) is 4.79 Å². The number of aromatic amines is 1. The van der Waals surface area contributed by atoms with Crippen LogP contribution in [0.1, 0.15) is 88.3 Å². The number of nitrogens with zero attached hydrogens (tertiary/aromatic N) is 4. The van der Waals surface area contributed by atoms with Crippen molar-refractivity contribution in [3.05, 3.63) is 77.0 Å². The number of hydrogen-bond donors (Lipinski definition) is 4. The Kier molecular flexibility index (Phi) is 18.0. The third-order valence-corrected chi connectivity index (χ3v) is 13.9. The molecule has 5 atom stereocenters. The van der Waals surface area contributed by atoms with Crippen molar-refractivity contribution in [2.24, 2.45) is 11.3 Å². The lowest BCUT2D eigenvalue weighted by molar-refractivity contribution is -0.143. The first kappa shape index (κ1) is 58.8. The van der Waals surface area contributed by atoms with Gasteiger partial charge in [0.05, 0.1) is 65.5 Å². The minimum Gasteiger partial charge on any atom is -0.497 e. The van der Waals surface area contributed by atoms with Crippen LogP contribution in [0.25, 0.3) is 22.2 Å². The van der Waals surface area contributed by atoms with Crippen molar-refractivity contribution in [3.63, 3.8) is 0 Å². The molecular formula is C50H62N8O19S. The largest absolute Gasteiger partial charge is 0.497 e. The lowest BCUT2D eigenvalue weighted by Gasteiger charge is -2.36. The molecule has 4 aromatic heterocycles. The van der Waals surface area contributed by atoms with Crippen LogP contribution < -0.4 is 39.9 Å². The highest BCUT2D eigenvalue weighted by Gasteiger charge is 2.62. The topological polar surface area (TPSA) is 351 Å². The number of pyridine rings is 1. The number of carbonyl (C=O) groups is 6. The van der Waals surface area contributed by atoms with Gasteiger partial charge in [0.2, 0.25) is 39.2 Å². The van der Waals surface area contributed by atoms with Crippen molar-refractivity contribution >= 4 is 56.5 Å². The molecule has 422 valence electrons. The third-order valence-electron chi connectivity index (χ3n) is 12.1.